The van der Waals surface area contributed by atoms with Crippen molar-refractivity contribution < 1.29 is 25.9 Å². The van der Waals surface area contributed by atoms with Gasteiger partial charge in [0.1, 0.15) is 20.2 Å². The van der Waals surface area contributed by atoms with Crippen molar-refractivity contribution in [2.75, 3.05) is 0 Å². The number of benzene rings is 4. The molecule has 4 aromatic carbocycles. The summed E-state index contributed by atoms with van der Waals surface area (Å²) in [5.41, 5.74) is 3.84. The molecule has 77 heavy (non-hydrogen) atoms. The molecule has 0 aliphatic rings. The van der Waals surface area contributed by atoms with Gasteiger partial charge in [-0.3, -0.25) is 0 Å². The molecule has 4 aromatic rings. The topological polar surface area (TPSA) is 114 Å². The zero-order valence-electron chi connectivity index (χ0n) is 49.9. The molecule has 0 aliphatic carbocycles. The first-order valence-electron chi connectivity index (χ1n) is 31.9. The van der Waals surface area contributed by atoms with Crippen LogP contribution in [0.25, 0.3) is 21.5 Å². The Labute approximate surface area is 514 Å². The van der Waals surface area contributed by atoms with E-state index in [2.05, 4.69) is 39.8 Å². The first-order chi connectivity index (χ1) is 36.9. The fourth-order valence-corrected chi connectivity index (χ4v) is 13.2. The number of rotatable bonds is 46. The van der Waals surface area contributed by atoms with Crippen LogP contribution in [-0.4, -0.2) is 74.8 Å². The predicted octanol–water partition coefficient (Wildman–Crippen LogP) is 21.0. The average molecular weight is 1230 g/mol. The normalized spacial score (nSPS) is 11.8. The van der Waals surface area contributed by atoms with Gasteiger partial charge in [-0.15, -0.1) is 0 Å². The minimum absolute atomic E-state index is 0. The van der Waals surface area contributed by atoms with Gasteiger partial charge in [0.25, 0.3) is 0 Å². The summed E-state index contributed by atoms with van der Waals surface area (Å²) in [6, 6.07) is 19.7. The van der Waals surface area contributed by atoms with Crippen molar-refractivity contribution in [2.45, 2.75) is 320 Å². The Hall–Kier alpha value is -1.21. The molecule has 432 valence electrons. The molecular weight excluding hydrogens is 1110 g/mol. The summed E-state index contributed by atoms with van der Waals surface area (Å²) in [7, 11) is -9.05. The molecule has 0 atom stereocenters. The third kappa shape index (κ3) is 32.3. The van der Waals surface area contributed by atoms with Crippen molar-refractivity contribution in [2.24, 2.45) is 0 Å². The Morgan fingerprint density at radius 2 is 0.506 bits per heavy atom. The summed E-state index contributed by atoms with van der Waals surface area (Å²) < 4.78 is 73.5. The second-order valence-corrected chi connectivity index (χ2v) is 25.5. The van der Waals surface area contributed by atoms with Crippen LogP contribution >= 0.6 is 0 Å². The fraction of sp³-hybridized carbons (Fsp3) is 0.706. The maximum absolute atomic E-state index is 12.2. The minimum atomic E-state index is -4.52. The van der Waals surface area contributed by atoms with Crippen LogP contribution in [0.15, 0.2) is 70.5 Å². The monoisotopic (exact) mass is 1220 g/mol. The molecule has 0 unspecified atom stereocenters. The van der Waals surface area contributed by atoms with E-state index in [4.69, 9.17) is 0 Å². The van der Waals surface area contributed by atoms with Gasteiger partial charge >= 0.3 is 48.9 Å². The molecule has 6 nitrogen and oxygen atoms in total. The quantitative estimate of drug-likeness (QED) is 0.0247. The van der Waals surface area contributed by atoms with Crippen LogP contribution in [-0.2, 0) is 45.9 Å². The van der Waals surface area contributed by atoms with Gasteiger partial charge in [0, 0.05) is 0 Å². The van der Waals surface area contributed by atoms with Crippen LogP contribution in [0.1, 0.15) is 307 Å². The smallest absolute Gasteiger partial charge is 0.744 e. The van der Waals surface area contributed by atoms with Crippen molar-refractivity contribution in [1.29, 1.82) is 0 Å². The molecule has 9 heteroatoms. The third-order valence-electron chi connectivity index (χ3n) is 16.0. The molecule has 0 saturated heterocycles. The predicted molar refractivity (Wildman–Crippen MR) is 332 cm³/mol. The van der Waals surface area contributed by atoms with Crippen molar-refractivity contribution in [3.63, 3.8) is 0 Å². The van der Waals surface area contributed by atoms with E-state index in [9.17, 15) is 25.9 Å². The SMILES string of the molecule is CCCCCCCCCCCCc1ccc2c(S(=O)(=O)[O-])c(CCCCCCCCCCCC)ccc2c1.CCCCCCCCCCCCc1ccc2c(S(=O)(=O)[O-])c(CCCCCCCCCCCC)ccc2c1.[Ba+2]. The molecule has 0 bridgehead atoms. The maximum atomic E-state index is 12.2. The number of hydrogen-bond donors (Lipinski definition) is 0. The Morgan fingerprint density at radius 1 is 0.286 bits per heavy atom. The van der Waals surface area contributed by atoms with Crippen LogP contribution in [0.5, 0.6) is 0 Å². The Kier molecular flexibility index (Phi) is 42.3. The summed E-state index contributed by atoms with van der Waals surface area (Å²) in [4.78, 5) is 0.0211. The van der Waals surface area contributed by atoms with Gasteiger partial charge in [0.15, 0.2) is 0 Å². The van der Waals surface area contributed by atoms with Gasteiger partial charge in [0.2, 0.25) is 0 Å². The fourth-order valence-electron chi connectivity index (χ4n) is 11.3. The van der Waals surface area contributed by atoms with E-state index < -0.39 is 20.2 Å². The van der Waals surface area contributed by atoms with Crippen LogP contribution < -0.4 is 0 Å². The second-order valence-electron chi connectivity index (χ2n) is 22.9. The van der Waals surface area contributed by atoms with Crippen LogP contribution in [0.3, 0.4) is 0 Å². The largest absolute Gasteiger partial charge is 2.00 e. The molecule has 0 saturated carbocycles. The zero-order chi connectivity index (χ0) is 55.0. The molecule has 0 heterocycles. The van der Waals surface area contributed by atoms with Gasteiger partial charge < -0.3 is 9.11 Å². The van der Waals surface area contributed by atoms with Gasteiger partial charge in [-0.2, -0.15) is 0 Å². The van der Waals surface area contributed by atoms with E-state index >= 15 is 0 Å². The molecule has 0 spiro atoms. The van der Waals surface area contributed by atoms with Gasteiger partial charge in [-0.25, -0.2) is 16.8 Å². The minimum Gasteiger partial charge on any atom is -0.744 e. The number of fused-ring (bicyclic) bond motifs is 2. The maximum Gasteiger partial charge on any atom is 2.00 e. The van der Waals surface area contributed by atoms with Crippen molar-refractivity contribution >= 4 is 90.7 Å². The van der Waals surface area contributed by atoms with E-state index in [-0.39, 0.29) is 58.7 Å². The Morgan fingerprint density at radius 3 is 0.740 bits per heavy atom. The van der Waals surface area contributed by atoms with E-state index in [0.717, 1.165) is 62.1 Å². The van der Waals surface area contributed by atoms with Crippen molar-refractivity contribution in [3.05, 3.63) is 82.9 Å². The molecule has 0 radical (unpaired) electrons. The standard InChI is InChI=1S/2C34H56O3S.Ba/c2*1-3-5-7-9-11-13-15-17-19-21-23-30-25-28-33-32(29-30)27-26-31(34(33)38(35,36)37)24-22-20-18-16-14-12-10-8-6-4-2;/h2*25-29H,3-24H2,1-2H3,(H,35,36,37);/q;;+2/p-2. The van der Waals surface area contributed by atoms with Crippen molar-refractivity contribution in [1.82, 2.24) is 0 Å². The summed E-state index contributed by atoms with van der Waals surface area (Å²) in [5.74, 6) is 0. The van der Waals surface area contributed by atoms with E-state index in [1.165, 1.54) is 229 Å². The molecule has 0 amide bonds. The Bertz CT molecular complexity index is 2160. The van der Waals surface area contributed by atoms with Crippen LogP contribution in [0, 0.1) is 0 Å². The average Bonchev–Trinajstić information content (AvgIpc) is 3.40. The molecule has 4 rings (SSSR count). The Balaban J connectivity index is 0.000000520. The second kappa shape index (κ2) is 45.3. The van der Waals surface area contributed by atoms with E-state index in [1.807, 2.05) is 48.5 Å². The van der Waals surface area contributed by atoms with Crippen molar-refractivity contribution in [3.8, 4) is 0 Å². The molecule has 0 N–H and O–H groups in total. The molecular formula is C68H110BaO6S2. The number of unbranched alkanes of at least 4 members (excludes halogenated alkanes) is 36. The molecule has 0 aliphatic heterocycles. The first kappa shape index (κ1) is 71.9. The van der Waals surface area contributed by atoms with E-state index in [1.54, 1.807) is 0 Å². The summed E-state index contributed by atoms with van der Waals surface area (Å²) in [6.07, 6.45) is 54.5. The molecule has 0 fully saturated rings. The summed E-state index contributed by atoms with van der Waals surface area (Å²) in [6.45, 7) is 9.02. The van der Waals surface area contributed by atoms with Crippen LogP contribution in [0.4, 0.5) is 0 Å². The molecule has 0 aromatic heterocycles. The van der Waals surface area contributed by atoms with Gasteiger partial charge in [-0.05, 0) is 95.2 Å². The van der Waals surface area contributed by atoms with Gasteiger partial charge in [-0.1, -0.05) is 320 Å². The van der Waals surface area contributed by atoms with E-state index in [0.29, 0.717) is 34.7 Å². The number of aryl methyl sites for hydroxylation is 4. The van der Waals surface area contributed by atoms with Crippen LogP contribution in [0.2, 0.25) is 0 Å². The summed E-state index contributed by atoms with van der Waals surface area (Å²) >= 11 is 0. The van der Waals surface area contributed by atoms with Gasteiger partial charge in [0.05, 0.1) is 9.79 Å². The third-order valence-corrected chi connectivity index (χ3v) is 17.9. The summed E-state index contributed by atoms with van der Waals surface area (Å²) in [5, 5.41) is 2.93. The first-order valence-corrected chi connectivity index (χ1v) is 34.8. The number of hydrogen-bond acceptors (Lipinski definition) is 6. The zero-order valence-corrected chi connectivity index (χ0v) is 55.9.